The maximum atomic E-state index is 14.6. The fourth-order valence-electron chi connectivity index (χ4n) is 4.81. The second-order valence-corrected chi connectivity index (χ2v) is 11.8. The molecule has 0 saturated carbocycles. The van der Waals surface area contributed by atoms with E-state index in [1.165, 1.54) is 31.3 Å². The molecule has 11 nitrogen and oxygen atoms in total. The van der Waals surface area contributed by atoms with E-state index in [2.05, 4.69) is 25.9 Å². The van der Waals surface area contributed by atoms with Crippen LogP contribution >= 0.6 is 11.6 Å². The summed E-state index contributed by atoms with van der Waals surface area (Å²) in [6.45, 7) is 7.32. The lowest BCUT2D eigenvalue weighted by atomic mass is 9.85. The number of nitrogens with one attached hydrogen (secondary N) is 3. The molecule has 1 aliphatic rings. The smallest absolute Gasteiger partial charge is 0.247 e. The molecule has 0 aliphatic carbocycles. The van der Waals surface area contributed by atoms with Crippen molar-refractivity contribution in [2.45, 2.75) is 58.7 Å². The number of hydrogen-bond acceptors (Lipinski definition) is 8. The summed E-state index contributed by atoms with van der Waals surface area (Å²) in [5.74, 6) is -2.76. The van der Waals surface area contributed by atoms with Gasteiger partial charge in [-0.2, -0.15) is 0 Å². The van der Waals surface area contributed by atoms with Crippen LogP contribution in [0.2, 0.25) is 5.02 Å². The molecule has 230 valence electrons. The van der Waals surface area contributed by atoms with Crippen LogP contribution in [-0.4, -0.2) is 64.4 Å². The molecule has 43 heavy (non-hydrogen) atoms. The summed E-state index contributed by atoms with van der Waals surface area (Å²) in [6, 6.07) is 2.81. The summed E-state index contributed by atoms with van der Waals surface area (Å²) in [4.78, 5) is 49.6. The van der Waals surface area contributed by atoms with Crippen molar-refractivity contribution in [3.63, 3.8) is 0 Å². The fraction of sp³-hybridized carbons (Fsp3) is 0.414. The molecule has 1 aliphatic heterocycles. The van der Waals surface area contributed by atoms with Crippen LogP contribution in [0.1, 0.15) is 40.5 Å². The number of nitrogens with two attached hydrogens (primary N) is 1. The summed E-state index contributed by atoms with van der Waals surface area (Å²) in [5, 5.41) is 8.10. The Morgan fingerprint density at radius 2 is 1.88 bits per heavy atom. The summed E-state index contributed by atoms with van der Waals surface area (Å²) >= 11 is 5.73. The van der Waals surface area contributed by atoms with Gasteiger partial charge < -0.3 is 31.3 Å². The van der Waals surface area contributed by atoms with Gasteiger partial charge in [-0.05, 0) is 43.4 Å². The zero-order valence-electron chi connectivity index (χ0n) is 24.4. The van der Waals surface area contributed by atoms with E-state index < -0.39 is 52.0 Å². The van der Waals surface area contributed by atoms with Crippen molar-refractivity contribution < 1.29 is 27.9 Å². The van der Waals surface area contributed by atoms with Gasteiger partial charge >= 0.3 is 0 Å². The zero-order chi connectivity index (χ0) is 31.6. The van der Waals surface area contributed by atoms with Gasteiger partial charge in [-0.15, -0.1) is 0 Å². The minimum atomic E-state index is -0.993. The van der Waals surface area contributed by atoms with E-state index in [-0.39, 0.29) is 28.8 Å². The lowest BCUT2D eigenvalue weighted by Crippen LogP contribution is -2.59. The van der Waals surface area contributed by atoms with Gasteiger partial charge in [0.05, 0.1) is 30.0 Å². The van der Waals surface area contributed by atoms with E-state index in [1.54, 1.807) is 12.1 Å². The van der Waals surface area contributed by atoms with Crippen LogP contribution in [0, 0.1) is 17.0 Å². The molecular formula is C29H34ClF2N7O4. The monoisotopic (exact) mass is 617 g/mol. The van der Waals surface area contributed by atoms with Crippen LogP contribution in [0.4, 0.5) is 26.0 Å². The molecule has 3 aromatic rings. The number of fused-ring (bicyclic) bond motifs is 1. The number of aromatic nitrogens is 2. The maximum Gasteiger partial charge on any atom is 0.247 e. The van der Waals surface area contributed by atoms with Crippen LogP contribution in [-0.2, 0) is 14.4 Å². The van der Waals surface area contributed by atoms with E-state index in [4.69, 9.17) is 22.1 Å². The number of methoxy groups -OCH3 is 1. The standard InChI is InChI=1S/C29H34ClF2N7O4/c1-14(33)26(40)38-24(29(2,3)4)28(42)39-10-6-7-20(39)27(41)37-19-11-15-18(12-21(19)43-5)34-13-35-25(15)36-17-9-8-16(31)22(30)23(17)32/h8-9,11-14,20,24H,6-7,10,33H2,1-5H3,(H,37,41)(H,38,40)(H,34,35,36). The third-order valence-electron chi connectivity index (χ3n) is 7.15. The number of halogens is 3. The van der Waals surface area contributed by atoms with Crippen LogP contribution in [0.5, 0.6) is 5.75 Å². The number of carbonyl (C=O) groups is 3. The molecule has 14 heteroatoms. The number of ether oxygens (including phenoxy) is 1. The zero-order valence-corrected chi connectivity index (χ0v) is 25.2. The number of nitrogens with zero attached hydrogens (tertiary/aromatic N) is 3. The lowest BCUT2D eigenvalue weighted by Gasteiger charge is -2.35. The molecule has 3 amide bonds. The molecule has 0 spiro atoms. The third kappa shape index (κ3) is 6.78. The first-order valence-electron chi connectivity index (χ1n) is 13.6. The Labute approximate surface area is 252 Å². The Morgan fingerprint density at radius 1 is 1.16 bits per heavy atom. The Hall–Kier alpha value is -4.10. The molecule has 1 fully saturated rings. The first-order chi connectivity index (χ1) is 20.2. The van der Waals surface area contributed by atoms with E-state index in [9.17, 15) is 23.2 Å². The molecule has 0 radical (unpaired) electrons. The number of hydrogen-bond donors (Lipinski definition) is 4. The van der Waals surface area contributed by atoms with Gasteiger partial charge in [0.2, 0.25) is 17.7 Å². The summed E-state index contributed by atoms with van der Waals surface area (Å²) in [7, 11) is 1.42. The predicted octanol–water partition coefficient (Wildman–Crippen LogP) is 4.12. The van der Waals surface area contributed by atoms with Crippen molar-refractivity contribution in [1.29, 1.82) is 0 Å². The second kappa shape index (κ2) is 12.6. The van der Waals surface area contributed by atoms with Crippen molar-refractivity contribution in [1.82, 2.24) is 20.2 Å². The quantitative estimate of drug-likeness (QED) is 0.276. The lowest BCUT2D eigenvalue weighted by molar-refractivity contribution is -0.142. The first-order valence-corrected chi connectivity index (χ1v) is 14.0. The molecule has 3 unspecified atom stereocenters. The van der Waals surface area contributed by atoms with Gasteiger partial charge in [-0.3, -0.25) is 14.4 Å². The molecule has 1 saturated heterocycles. The van der Waals surface area contributed by atoms with Gasteiger partial charge in [-0.25, -0.2) is 18.7 Å². The fourth-order valence-corrected chi connectivity index (χ4v) is 4.97. The van der Waals surface area contributed by atoms with Crippen LogP contribution in [0.25, 0.3) is 10.9 Å². The molecular weight excluding hydrogens is 584 g/mol. The third-order valence-corrected chi connectivity index (χ3v) is 7.50. The van der Waals surface area contributed by atoms with Gasteiger partial charge in [0, 0.05) is 18.0 Å². The van der Waals surface area contributed by atoms with Crippen LogP contribution in [0.15, 0.2) is 30.6 Å². The summed E-state index contributed by atoms with van der Waals surface area (Å²) in [5.41, 5.74) is 5.63. The molecule has 5 N–H and O–H groups in total. The van der Waals surface area contributed by atoms with Gasteiger partial charge in [-0.1, -0.05) is 32.4 Å². The maximum absolute atomic E-state index is 14.6. The van der Waals surface area contributed by atoms with Crippen molar-refractivity contribution >= 4 is 57.4 Å². The Morgan fingerprint density at radius 3 is 2.53 bits per heavy atom. The Balaban J connectivity index is 1.63. The molecule has 1 aromatic heterocycles. The Bertz CT molecular complexity index is 1560. The molecule has 0 bridgehead atoms. The predicted molar refractivity (Wildman–Crippen MR) is 159 cm³/mol. The van der Waals surface area contributed by atoms with Gasteiger partial charge in [0.15, 0.2) is 5.82 Å². The van der Waals surface area contributed by atoms with E-state index >= 15 is 0 Å². The topological polar surface area (TPSA) is 152 Å². The van der Waals surface area contributed by atoms with Crippen molar-refractivity contribution in [3.05, 3.63) is 47.2 Å². The first kappa shape index (κ1) is 31.8. The van der Waals surface area contributed by atoms with Crippen LogP contribution < -0.4 is 26.4 Å². The number of anilines is 3. The van der Waals surface area contributed by atoms with Gasteiger partial charge in [0.1, 0.15) is 40.8 Å². The summed E-state index contributed by atoms with van der Waals surface area (Å²) < 4.78 is 33.8. The van der Waals surface area contributed by atoms with Crippen molar-refractivity contribution in [2.24, 2.45) is 11.1 Å². The minimum Gasteiger partial charge on any atom is -0.494 e. The molecule has 2 heterocycles. The number of benzene rings is 2. The normalized spacial score (nSPS) is 16.5. The molecule has 4 rings (SSSR count). The number of rotatable bonds is 8. The van der Waals surface area contributed by atoms with E-state index in [0.717, 1.165) is 6.07 Å². The number of amides is 3. The minimum absolute atomic E-state index is 0.113. The second-order valence-electron chi connectivity index (χ2n) is 11.4. The van der Waals surface area contributed by atoms with E-state index in [0.29, 0.717) is 30.3 Å². The molecule has 3 atom stereocenters. The number of carbonyl (C=O) groups excluding carboxylic acids is 3. The average Bonchev–Trinajstić information content (AvgIpc) is 3.45. The summed E-state index contributed by atoms with van der Waals surface area (Å²) in [6.07, 6.45) is 2.25. The highest BCUT2D eigenvalue weighted by Gasteiger charge is 2.42. The number of likely N-dealkylation sites (tertiary alicyclic amines) is 1. The highest BCUT2D eigenvalue weighted by atomic mass is 35.5. The largest absolute Gasteiger partial charge is 0.494 e. The Kier molecular flexibility index (Phi) is 9.35. The highest BCUT2D eigenvalue weighted by Crippen LogP contribution is 2.35. The van der Waals surface area contributed by atoms with Crippen molar-refractivity contribution in [2.75, 3.05) is 24.3 Å². The highest BCUT2D eigenvalue weighted by molar-refractivity contribution is 6.31. The van der Waals surface area contributed by atoms with Crippen LogP contribution in [0.3, 0.4) is 0 Å². The molecule has 2 aromatic carbocycles. The SMILES string of the molecule is COc1cc2ncnc(Nc3ccc(F)c(Cl)c3F)c2cc1NC(=O)C1CCCN1C(=O)C(NC(=O)C(C)N)C(C)(C)C. The van der Waals surface area contributed by atoms with Crippen molar-refractivity contribution in [3.8, 4) is 5.75 Å². The average molecular weight is 618 g/mol. The van der Waals surface area contributed by atoms with E-state index in [1.807, 2.05) is 20.8 Å². The van der Waals surface area contributed by atoms with Gasteiger partial charge in [0.25, 0.3) is 0 Å².